The Morgan fingerprint density at radius 2 is 1.68 bits per heavy atom. The molecule has 1 unspecified atom stereocenters. The lowest BCUT2D eigenvalue weighted by atomic mass is 9.98. The molecule has 0 aromatic heterocycles. The van der Waals surface area contributed by atoms with Crippen LogP contribution in [0.3, 0.4) is 0 Å². The van der Waals surface area contributed by atoms with Gasteiger partial charge in [-0.15, -0.1) is 0 Å². The Bertz CT molecular complexity index is 989. The van der Waals surface area contributed by atoms with Crippen molar-refractivity contribution < 1.29 is 9.72 Å². The summed E-state index contributed by atoms with van der Waals surface area (Å²) in [5, 5.41) is 14.3. The highest BCUT2D eigenvalue weighted by molar-refractivity contribution is 7.97. The molecular formula is C24H27N3O3S. The zero-order valence-corrected chi connectivity index (χ0v) is 18.4. The molecule has 1 atom stereocenters. The summed E-state index contributed by atoms with van der Waals surface area (Å²) in [7, 11) is 0. The first-order chi connectivity index (χ1) is 15.1. The quantitative estimate of drug-likeness (QED) is 0.401. The Labute approximate surface area is 186 Å². The Morgan fingerprint density at radius 3 is 2.32 bits per heavy atom. The SMILES string of the molecule is O=C(Nc1c2c(cc3c1CCC3)CCC2)C1CCCCN1Sc1ccc([N+](=O)[O-])cc1. The molecule has 162 valence electrons. The molecule has 2 aliphatic carbocycles. The minimum absolute atomic E-state index is 0.0866. The zero-order valence-electron chi connectivity index (χ0n) is 17.6. The maximum absolute atomic E-state index is 13.5. The van der Waals surface area contributed by atoms with Gasteiger partial charge in [0.15, 0.2) is 0 Å². The van der Waals surface area contributed by atoms with Gasteiger partial charge in [-0.2, -0.15) is 0 Å². The second-order valence-corrected chi connectivity index (χ2v) is 9.84. The lowest BCUT2D eigenvalue weighted by molar-refractivity contribution is -0.384. The number of amides is 1. The topological polar surface area (TPSA) is 75.5 Å². The summed E-state index contributed by atoms with van der Waals surface area (Å²) in [5.74, 6) is 0.0866. The first kappa shape index (κ1) is 20.5. The predicted octanol–water partition coefficient (Wildman–Crippen LogP) is 5.07. The van der Waals surface area contributed by atoms with Gasteiger partial charge in [0, 0.05) is 29.3 Å². The van der Waals surface area contributed by atoms with Crippen LogP contribution < -0.4 is 5.32 Å². The van der Waals surface area contributed by atoms with E-state index < -0.39 is 0 Å². The highest BCUT2D eigenvalue weighted by atomic mass is 32.2. The van der Waals surface area contributed by atoms with Crippen LogP contribution in [0.4, 0.5) is 11.4 Å². The van der Waals surface area contributed by atoms with Crippen LogP contribution in [-0.4, -0.2) is 27.7 Å². The van der Waals surface area contributed by atoms with Gasteiger partial charge in [0.1, 0.15) is 0 Å². The number of nitrogens with one attached hydrogen (secondary N) is 1. The number of carbonyl (C=O) groups excluding carboxylic acids is 1. The molecule has 0 radical (unpaired) electrons. The van der Waals surface area contributed by atoms with Gasteiger partial charge < -0.3 is 5.32 Å². The molecule has 1 saturated heterocycles. The molecule has 0 bridgehead atoms. The van der Waals surface area contributed by atoms with Crippen molar-refractivity contribution >= 4 is 29.2 Å². The van der Waals surface area contributed by atoms with Crippen LogP contribution in [0.15, 0.2) is 35.2 Å². The summed E-state index contributed by atoms with van der Waals surface area (Å²) in [6.07, 6.45) is 9.64. The first-order valence-electron chi connectivity index (χ1n) is 11.3. The van der Waals surface area contributed by atoms with E-state index in [1.165, 1.54) is 59.2 Å². The van der Waals surface area contributed by atoms with E-state index in [0.717, 1.165) is 62.1 Å². The second kappa shape index (κ2) is 8.63. The number of nitro groups is 1. The van der Waals surface area contributed by atoms with Gasteiger partial charge in [-0.05, 0) is 97.7 Å². The number of aryl methyl sites for hydroxylation is 2. The minimum Gasteiger partial charge on any atom is -0.324 e. The molecule has 1 amide bonds. The monoisotopic (exact) mass is 437 g/mol. The third-order valence-corrected chi connectivity index (χ3v) is 7.90. The molecule has 1 aliphatic heterocycles. The van der Waals surface area contributed by atoms with Gasteiger partial charge in [-0.25, -0.2) is 4.31 Å². The predicted molar refractivity (Wildman–Crippen MR) is 122 cm³/mol. The normalized spacial score (nSPS) is 20.3. The van der Waals surface area contributed by atoms with Crippen LogP contribution in [0.1, 0.15) is 54.4 Å². The van der Waals surface area contributed by atoms with Crippen molar-refractivity contribution in [2.24, 2.45) is 0 Å². The molecule has 1 heterocycles. The molecule has 2 aromatic rings. The summed E-state index contributed by atoms with van der Waals surface area (Å²) >= 11 is 1.53. The van der Waals surface area contributed by atoms with Gasteiger partial charge in [0.05, 0.1) is 11.0 Å². The van der Waals surface area contributed by atoms with Crippen molar-refractivity contribution in [2.45, 2.75) is 68.7 Å². The van der Waals surface area contributed by atoms with Gasteiger partial charge in [0.25, 0.3) is 5.69 Å². The third kappa shape index (κ3) is 4.08. The molecule has 31 heavy (non-hydrogen) atoms. The molecule has 1 fully saturated rings. The zero-order chi connectivity index (χ0) is 21.4. The Hall–Kier alpha value is -2.38. The van der Waals surface area contributed by atoms with Crippen molar-refractivity contribution in [1.29, 1.82) is 0 Å². The maximum Gasteiger partial charge on any atom is 0.269 e. The molecule has 0 spiro atoms. The van der Waals surface area contributed by atoms with Gasteiger partial charge >= 0.3 is 0 Å². The summed E-state index contributed by atoms with van der Waals surface area (Å²) in [6, 6.07) is 8.78. The second-order valence-electron chi connectivity index (χ2n) is 8.72. The van der Waals surface area contributed by atoms with Crippen LogP contribution in [-0.2, 0) is 30.5 Å². The number of piperidine rings is 1. The average molecular weight is 438 g/mol. The maximum atomic E-state index is 13.5. The minimum atomic E-state index is -0.387. The van der Waals surface area contributed by atoms with E-state index in [1.807, 2.05) is 0 Å². The highest BCUT2D eigenvalue weighted by Gasteiger charge is 2.32. The van der Waals surface area contributed by atoms with E-state index in [0.29, 0.717) is 0 Å². The van der Waals surface area contributed by atoms with Crippen molar-refractivity contribution in [3.63, 3.8) is 0 Å². The Morgan fingerprint density at radius 1 is 1.00 bits per heavy atom. The van der Waals surface area contributed by atoms with E-state index in [1.54, 1.807) is 12.1 Å². The van der Waals surface area contributed by atoms with Gasteiger partial charge in [0.2, 0.25) is 5.91 Å². The fraction of sp³-hybridized carbons (Fsp3) is 0.458. The van der Waals surface area contributed by atoms with Crippen LogP contribution in [0.25, 0.3) is 0 Å². The number of anilines is 1. The molecule has 0 saturated carbocycles. The number of fused-ring (bicyclic) bond motifs is 2. The van der Waals surface area contributed by atoms with E-state index in [2.05, 4.69) is 15.7 Å². The number of hydrogen-bond acceptors (Lipinski definition) is 5. The number of nitrogens with zero attached hydrogens (tertiary/aromatic N) is 2. The Kier molecular flexibility index (Phi) is 5.71. The molecule has 6 nitrogen and oxygen atoms in total. The van der Waals surface area contributed by atoms with E-state index in [-0.39, 0.29) is 22.6 Å². The summed E-state index contributed by atoms with van der Waals surface area (Å²) < 4.78 is 2.16. The van der Waals surface area contributed by atoms with Gasteiger partial charge in [-0.3, -0.25) is 14.9 Å². The third-order valence-electron chi connectivity index (χ3n) is 6.75. The van der Waals surface area contributed by atoms with Gasteiger partial charge in [-0.1, -0.05) is 12.5 Å². The Balaban J connectivity index is 1.35. The van der Waals surface area contributed by atoms with Crippen molar-refractivity contribution in [3.05, 3.63) is 62.7 Å². The molecule has 3 aliphatic rings. The number of carbonyl (C=O) groups is 1. The molecular weight excluding hydrogens is 410 g/mol. The standard InChI is InChI=1S/C24H27N3O3S/c28-24(25-23-20-7-3-5-16(20)15-17-6-4-8-21(17)23)22-9-1-2-14-26(22)31-19-12-10-18(11-13-19)27(29)30/h10-13,15,22H,1-9,14H2,(H,25,28). The van der Waals surface area contributed by atoms with Crippen LogP contribution in [0, 0.1) is 10.1 Å². The lowest BCUT2D eigenvalue weighted by Crippen LogP contribution is -2.43. The summed E-state index contributed by atoms with van der Waals surface area (Å²) in [5.41, 5.74) is 6.77. The number of benzene rings is 2. The highest BCUT2D eigenvalue weighted by Crippen LogP contribution is 2.39. The van der Waals surface area contributed by atoms with Crippen LogP contribution >= 0.6 is 11.9 Å². The van der Waals surface area contributed by atoms with Crippen molar-refractivity contribution in [3.8, 4) is 0 Å². The first-order valence-corrected chi connectivity index (χ1v) is 12.0. The summed E-state index contributed by atoms with van der Waals surface area (Å²) in [6.45, 7) is 0.838. The molecule has 2 aromatic carbocycles. The summed E-state index contributed by atoms with van der Waals surface area (Å²) in [4.78, 5) is 24.9. The van der Waals surface area contributed by atoms with E-state index in [9.17, 15) is 14.9 Å². The number of nitro benzene ring substituents is 1. The largest absolute Gasteiger partial charge is 0.324 e. The molecule has 1 N–H and O–H groups in total. The van der Waals surface area contributed by atoms with Crippen molar-refractivity contribution in [2.75, 3.05) is 11.9 Å². The fourth-order valence-electron chi connectivity index (χ4n) is 5.21. The number of hydrogen-bond donors (Lipinski definition) is 1. The average Bonchev–Trinajstić information content (AvgIpc) is 3.43. The van der Waals surface area contributed by atoms with E-state index >= 15 is 0 Å². The number of rotatable bonds is 5. The van der Waals surface area contributed by atoms with Crippen LogP contribution in [0.2, 0.25) is 0 Å². The molecule has 7 heteroatoms. The van der Waals surface area contributed by atoms with Crippen molar-refractivity contribution in [1.82, 2.24) is 4.31 Å². The smallest absolute Gasteiger partial charge is 0.269 e. The number of non-ortho nitro benzene ring substituents is 1. The lowest BCUT2D eigenvalue weighted by Gasteiger charge is -2.33. The molecule has 5 rings (SSSR count). The fourth-order valence-corrected chi connectivity index (χ4v) is 6.29. The van der Waals surface area contributed by atoms with Crippen LogP contribution in [0.5, 0.6) is 0 Å². The van der Waals surface area contributed by atoms with E-state index in [4.69, 9.17) is 0 Å².